The van der Waals surface area contributed by atoms with Gasteiger partial charge in [-0.15, -0.1) is 0 Å². The van der Waals surface area contributed by atoms with Gasteiger partial charge in [0.1, 0.15) is 0 Å². The molecule has 2 N–H and O–H groups in total. The predicted molar refractivity (Wildman–Crippen MR) is 160 cm³/mol. The molecule has 5 rings (SSSR count). The van der Waals surface area contributed by atoms with E-state index in [9.17, 15) is 0 Å². The van der Waals surface area contributed by atoms with Crippen molar-refractivity contribution in [2.45, 2.75) is 77.6 Å². The van der Waals surface area contributed by atoms with Gasteiger partial charge >= 0.3 is 0 Å². The number of aryl methyl sites for hydroxylation is 1. The minimum atomic E-state index is 0.466. The van der Waals surface area contributed by atoms with Gasteiger partial charge in [-0.25, -0.2) is 0 Å². The molecule has 0 amide bonds. The van der Waals surface area contributed by atoms with Crippen molar-refractivity contribution in [1.29, 1.82) is 0 Å². The normalized spacial score (nSPS) is 28.6. The predicted octanol–water partition coefficient (Wildman–Crippen LogP) is 9.16. The van der Waals surface area contributed by atoms with Crippen LogP contribution in [0.4, 0.5) is 5.69 Å². The Kier molecular flexibility index (Phi) is 7.35. The highest BCUT2D eigenvalue weighted by Crippen LogP contribution is 2.64. The molecule has 0 aliphatic heterocycles. The Labute approximate surface area is 225 Å². The van der Waals surface area contributed by atoms with Crippen LogP contribution < -0.4 is 5.73 Å². The highest BCUT2D eigenvalue weighted by molar-refractivity contribution is 5.44. The smallest absolute Gasteiger partial charge is 0.0314 e. The zero-order chi connectivity index (χ0) is 26.2. The first kappa shape index (κ1) is 25.8. The molecule has 5 unspecified atom stereocenters. The van der Waals surface area contributed by atoms with Gasteiger partial charge in [-0.05, 0) is 139 Å². The third-order valence-corrected chi connectivity index (χ3v) is 10.3. The Balaban J connectivity index is 1.26. The Morgan fingerprint density at radius 1 is 1.00 bits per heavy atom. The molecular formula is C36H45N. The highest BCUT2D eigenvalue weighted by atomic mass is 14.6. The van der Waals surface area contributed by atoms with E-state index in [0.717, 1.165) is 53.3 Å². The fourth-order valence-electron chi connectivity index (χ4n) is 8.35. The van der Waals surface area contributed by atoms with E-state index in [-0.39, 0.29) is 0 Å². The summed E-state index contributed by atoms with van der Waals surface area (Å²) in [6.07, 6.45) is 15.2. The lowest BCUT2D eigenvalue weighted by molar-refractivity contribution is 0.0284. The monoisotopic (exact) mass is 491 g/mol. The van der Waals surface area contributed by atoms with Crippen LogP contribution in [0.15, 0.2) is 91.1 Å². The standard InChI is InChI=1S/C36H45N/c1-6-28(7-2)25(4)22-27-10-15-32-29(23-27)11-16-34-33(32)18-19-36(5)30(12-17-35(34)36)21-24(3)20-26-8-13-31(37)14-9-26/h6-10,13-15,23,30,33-35H,1,3-4,11-12,16-22,37H2,2,5H3/b28-7+. The van der Waals surface area contributed by atoms with Crippen LogP contribution in [0.25, 0.3) is 0 Å². The Bertz CT molecular complexity index is 1210. The number of nitrogens with two attached hydrogens (primary N) is 1. The maximum atomic E-state index is 5.88. The first-order valence-electron chi connectivity index (χ1n) is 14.4. The quantitative estimate of drug-likeness (QED) is 0.222. The van der Waals surface area contributed by atoms with Crippen LogP contribution in [-0.2, 0) is 19.3 Å². The maximum Gasteiger partial charge on any atom is 0.0314 e. The third kappa shape index (κ3) is 5.02. The summed E-state index contributed by atoms with van der Waals surface area (Å²) in [6, 6.07) is 15.7. The molecule has 0 bridgehead atoms. The van der Waals surface area contributed by atoms with Crippen molar-refractivity contribution in [3.05, 3.63) is 113 Å². The zero-order valence-corrected chi connectivity index (χ0v) is 23.1. The van der Waals surface area contributed by atoms with Crippen molar-refractivity contribution in [3.8, 4) is 0 Å². The van der Waals surface area contributed by atoms with Gasteiger partial charge in [0.15, 0.2) is 0 Å². The van der Waals surface area contributed by atoms with Crippen LogP contribution in [0, 0.1) is 23.2 Å². The molecule has 2 aromatic carbocycles. The van der Waals surface area contributed by atoms with Gasteiger partial charge in [0, 0.05) is 5.69 Å². The topological polar surface area (TPSA) is 26.0 Å². The lowest BCUT2D eigenvalue weighted by Gasteiger charge is -2.51. The van der Waals surface area contributed by atoms with Crippen molar-refractivity contribution >= 4 is 5.69 Å². The summed E-state index contributed by atoms with van der Waals surface area (Å²) in [6.45, 7) is 17.5. The van der Waals surface area contributed by atoms with Gasteiger partial charge in [0.2, 0.25) is 0 Å². The summed E-state index contributed by atoms with van der Waals surface area (Å²) < 4.78 is 0. The van der Waals surface area contributed by atoms with Crippen molar-refractivity contribution in [1.82, 2.24) is 0 Å². The molecule has 0 heterocycles. The number of fused-ring (bicyclic) bond motifs is 5. The molecule has 37 heavy (non-hydrogen) atoms. The fraction of sp³-hybridized carbons (Fsp3) is 0.444. The van der Waals surface area contributed by atoms with Gasteiger partial charge in [-0.2, -0.15) is 0 Å². The average Bonchev–Trinajstić information content (AvgIpc) is 3.21. The Morgan fingerprint density at radius 3 is 2.49 bits per heavy atom. The van der Waals surface area contributed by atoms with E-state index in [0.29, 0.717) is 5.41 Å². The number of rotatable bonds is 8. The number of anilines is 1. The molecule has 0 radical (unpaired) electrons. The Hall–Kier alpha value is -2.80. The molecule has 3 aliphatic carbocycles. The largest absolute Gasteiger partial charge is 0.399 e. The summed E-state index contributed by atoms with van der Waals surface area (Å²) in [5, 5.41) is 0. The summed E-state index contributed by atoms with van der Waals surface area (Å²) in [5.41, 5.74) is 16.9. The first-order valence-corrected chi connectivity index (χ1v) is 14.4. The van der Waals surface area contributed by atoms with Gasteiger partial charge in [-0.1, -0.05) is 74.7 Å². The molecule has 2 saturated carbocycles. The van der Waals surface area contributed by atoms with E-state index in [2.05, 4.69) is 70.0 Å². The van der Waals surface area contributed by atoms with Crippen LogP contribution in [0.1, 0.15) is 80.5 Å². The van der Waals surface area contributed by atoms with E-state index >= 15 is 0 Å². The second-order valence-electron chi connectivity index (χ2n) is 12.4. The molecule has 0 spiro atoms. The van der Waals surface area contributed by atoms with Crippen LogP contribution in [-0.4, -0.2) is 0 Å². The average molecular weight is 492 g/mol. The third-order valence-electron chi connectivity index (χ3n) is 10.3. The number of allylic oxidation sites excluding steroid dienone is 5. The van der Waals surface area contributed by atoms with E-state index in [4.69, 9.17) is 5.73 Å². The van der Waals surface area contributed by atoms with E-state index in [1.54, 1.807) is 11.1 Å². The summed E-state index contributed by atoms with van der Waals surface area (Å²) in [4.78, 5) is 0. The van der Waals surface area contributed by atoms with Crippen molar-refractivity contribution in [2.24, 2.45) is 23.2 Å². The molecule has 3 aliphatic rings. The van der Waals surface area contributed by atoms with Crippen molar-refractivity contribution < 1.29 is 0 Å². The van der Waals surface area contributed by atoms with Crippen molar-refractivity contribution in [3.63, 3.8) is 0 Å². The van der Waals surface area contributed by atoms with Crippen LogP contribution in [0.2, 0.25) is 0 Å². The number of hydrogen-bond acceptors (Lipinski definition) is 1. The lowest BCUT2D eigenvalue weighted by Crippen LogP contribution is -2.42. The summed E-state index contributed by atoms with van der Waals surface area (Å²) >= 11 is 0. The van der Waals surface area contributed by atoms with Crippen LogP contribution in [0.3, 0.4) is 0 Å². The molecule has 1 nitrogen and oxygen atoms in total. The summed E-state index contributed by atoms with van der Waals surface area (Å²) in [5.74, 6) is 3.23. The molecule has 0 aromatic heterocycles. The van der Waals surface area contributed by atoms with Crippen molar-refractivity contribution in [2.75, 3.05) is 5.73 Å². The molecule has 2 aromatic rings. The highest BCUT2D eigenvalue weighted by Gasteiger charge is 2.54. The number of benzene rings is 2. The van der Waals surface area contributed by atoms with Gasteiger partial charge in [-0.3, -0.25) is 0 Å². The van der Waals surface area contributed by atoms with E-state index in [1.165, 1.54) is 61.6 Å². The minimum absolute atomic E-state index is 0.466. The minimum Gasteiger partial charge on any atom is -0.399 e. The molecule has 1 heteroatoms. The van der Waals surface area contributed by atoms with Gasteiger partial charge in [0.25, 0.3) is 0 Å². The molecular weight excluding hydrogens is 446 g/mol. The van der Waals surface area contributed by atoms with E-state index in [1.807, 2.05) is 18.2 Å². The second kappa shape index (κ2) is 10.5. The maximum absolute atomic E-state index is 5.88. The van der Waals surface area contributed by atoms with Gasteiger partial charge < -0.3 is 5.73 Å². The molecule has 0 saturated heterocycles. The van der Waals surface area contributed by atoms with Crippen LogP contribution >= 0.6 is 0 Å². The molecule has 2 fully saturated rings. The number of hydrogen-bond donors (Lipinski definition) is 1. The SMILES string of the molecule is C=C/C(=C\C)C(=C)Cc1ccc2c(c1)CCC1C2CCC2(C)C(CC(=C)Cc3ccc(N)cc3)CCC12. The summed E-state index contributed by atoms with van der Waals surface area (Å²) in [7, 11) is 0. The fourth-order valence-corrected chi connectivity index (χ4v) is 8.35. The second-order valence-corrected chi connectivity index (χ2v) is 12.4. The lowest BCUT2D eigenvalue weighted by atomic mass is 9.53. The molecule has 194 valence electrons. The van der Waals surface area contributed by atoms with Crippen LogP contribution in [0.5, 0.6) is 0 Å². The first-order chi connectivity index (χ1) is 17.8. The number of nitrogen functional groups attached to an aromatic ring is 1. The Morgan fingerprint density at radius 2 is 1.76 bits per heavy atom. The molecule has 5 atom stereocenters. The van der Waals surface area contributed by atoms with E-state index < -0.39 is 0 Å². The van der Waals surface area contributed by atoms with Gasteiger partial charge in [0.05, 0.1) is 0 Å². The zero-order valence-electron chi connectivity index (χ0n) is 23.1.